The Labute approximate surface area is 185 Å². The minimum atomic E-state index is -0.854. The summed E-state index contributed by atoms with van der Waals surface area (Å²) in [6.07, 6.45) is 1.37. The maximum Gasteiger partial charge on any atom is 0.294 e. The molecule has 0 fully saturated rings. The van der Waals surface area contributed by atoms with Crippen molar-refractivity contribution in [2.45, 2.75) is 19.9 Å². The summed E-state index contributed by atoms with van der Waals surface area (Å²) in [5, 5.41) is 10.8. The second-order valence-corrected chi connectivity index (χ2v) is 7.08. The summed E-state index contributed by atoms with van der Waals surface area (Å²) in [4.78, 5) is 27.8. The van der Waals surface area contributed by atoms with Gasteiger partial charge in [-0.3, -0.25) is 14.5 Å². The summed E-state index contributed by atoms with van der Waals surface area (Å²) >= 11 is 0. The largest absolute Gasteiger partial charge is 0.503 e. The average molecular weight is 433 g/mol. The van der Waals surface area contributed by atoms with Crippen LogP contribution in [0.3, 0.4) is 0 Å². The number of nitrogens with zero attached hydrogens (tertiary/aromatic N) is 1. The highest BCUT2D eigenvalue weighted by atomic mass is 16.5. The lowest BCUT2D eigenvalue weighted by molar-refractivity contribution is -0.117. The minimum absolute atomic E-state index is 0.0419. The van der Waals surface area contributed by atoms with Gasteiger partial charge in [0.1, 0.15) is 11.5 Å². The van der Waals surface area contributed by atoms with Gasteiger partial charge in [0, 0.05) is 11.8 Å². The third kappa shape index (κ3) is 3.85. The van der Waals surface area contributed by atoms with Crippen molar-refractivity contribution >= 4 is 17.4 Å². The Morgan fingerprint density at radius 2 is 1.72 bits per heavy atom. The number of ketones is 1. The fraction of sp³-hybridized carbons (Fsp3) is 0.200. The molecule has 4 rings (SSSR count). The van der Waals surface area contributed by atoms with Crippen LogP contribution in [0.4, 0.5) is 5.69 Å². The Morgan fingerprint density at radius 1 is 1.00 bits per heavy atom. The van der Waals surface area contributed by atoms with Crippen molar-refractivity contribution in [1.82, 2.24) is 0 Å². The van der Waals surface area contributed by atoms with E-state index in [4.69, 9.17) is 13.9 Å². The van der Waals surface area contributed by atoms with Gasteiger partial charge in [-0.25, -0.2) is 0 Å². The normalized spacial score (nSPS) is 15.9. The second-order valence-electron chi connectivity index (χ2n) is 7.08. The van der Waals surface area contributed by atoms with Crippen LogP contribution in [0, 0.1) is 0 Å². The smallest absolute Gasteiger partial charge is 0.294 e. The van der Waals surface area contributed by atoms with Crippen LogP contribution in [0.2, 0.25) is 0 Å². The highest BCUT2D eigenvalue weighted by molar-refractivity contribution is 6.20. The Morgan fingerprint density at radius 3 is 2.38 bits per heavy atom. The molecule has 2 heterocycles. The minimum Gasteiger partial charge on any atom is -0.503 e. The molecule has 7 nitrogen and oxygen atoms in total. The van der Waals surface area contributed by atoms with E-state index in [-0.39, 0.29) is 11.3 Å². The SMILES string of the molecule is CCOc1ccc(C2C(C(=O)c3ccco3)=C(O)C(=O)N2c2cccc(OCC)c2)cc1. The molecule has 0 spiro atoms. The zero-order chi connectivity index (χ0) is 22.7. The highest BCUT2D eigenvalue weighted by Crippen LogP contribution is 2.43. The monoisotopic (exact) mass is 433 g/mol. The average Bonchev–Trinajstić information content (AvgIpc) is 3.42. The number of ether oxygens (including phenoxy) is 2. The fourth-order valence-corrected chi connectivity index (χ4v) is 3.76. The molecule has 0 bridgehead atoms. The van der Waals surface area contributed by atoms with Crippen LogP contribution >= 0.6 is 0 Å². The van der Waals surface area contributed by atoms with Crippen molar-refractivity contribution in [3.8, 4) is 11.5 Å². The first-order chi connectivity index (χ1) is 15.5. The van der Waals surface area contributed by atoms with Crippen LogP contribution in [-0.4, -0.2) is 30.0 Å². The molecule has 0 saturated heterocycles. The van der Waals surface area contributed by atoms with E-state index in [1.54, 1.807) is 54.6 Å². The number of furan rings is 1. The van der Waals surface area contributed by atoms with Gasteiger partial charge < -0.3 is 19.0 Å². The molecule has 1 amide bonds. The van der Waals surface area contributed by atoms with Crippen LogP contribution < -0.4 is 14.4 Å². The van der Waals surface area contributed by atoms with Crippen molar-refractivity contribution in [2.75, 3.05) is 18.1 Å². The lowest BCUT2D eigenvalue weighted by Gasteiger charge is -2.27. The van der Waals surface area contributed by atoms with Crippen LogP contribution in [0.5, 0.6) is 11.5 Å². The summed E-state index contributed by atoms with van der Waals surface area (Å²) < 4.78 is 16.3. The summed E-state index contributed by atoms with van der Waals surface area (Å²) in [7, 11) is 0. The van der Waals surface area contributed by atoms with E-state index >= 15 is 0 Å². The van der Waals surface area contributed by atoms with Gasteiger partial charge in [-0.05, 0) is 55.8 Å². The maximum absolute atomic E-state index is 13.2. The van der Waals surface area contributed by atoms with Crippen LogP contribution in [-0.2, 0) is 4.79 Å². The predicted octanol–water partition coefficient (Wildman–Crippen LogP) is 4.86. The van der Waals surface area contributed by atoms with Gasteiger partial charge in [-0.15, -0.1) is 0 Å². The molecule has 1 aliphatic rings. The number of hydrogen-bond donors (Lipinski definition) is 1. The Balaban J connectivity index is 1.83. The fourth-order valence-electron chi connectivity index (χ4n) is 3.76. The molecule has 0 saturated carbocycles. The molecule has 1 atom stereocenters. The molecule has 1 aromatic heterocycles. The summed E-state index contributed by atoms with van der Waals surface area (Å²) in [5.74, 6) is -0.547. The first-order valence-electron chi connectivity index (χ1n) is 10.4. The van der Waals surface area contributed by atoms with E-state index in [2.05, 4.69) is 0 Å². The van der Waals surface area contributed by atoms with Gasteiger partial charge in [0.05, 0.1) is 31.1 Å². The molecule has 2 aromatic carbocycles. The number of carbonyl (C=O) groups excluding carboxylic acids is 2. The van der Waals surface area contributed by atoms with Gasteiger partial charge in [-0.2, -0.15) is 0 Å². The van der Waals surface area contributed by atoms with Gasteiger partial charge in [0.25, 0.3) is 5.91 Å². The van der Waals surface area contributed by atoms with Crippen molar-refractivity contribution in [3.63, 3.8) is 0 Å². The third-order valence-electron chi connectivity index (χ3n) is 5.11. The van der Waals surface area contributed by atoms with E-state index < -0.39 is 23.5 Å². The summed E-state index contributed by atoms with van der Waals surface area (Å²) in [6, 6.07) is 16.3. The molecule has 1 N–H and O–H groups in total. The van der Waals surface area contributed by atoms with Gasteiger partial charge in [-0.1, -0.05) is 18.2 Å². The van der Waals surface area contributed by atoms with Crippen molar-refractivity contribution in [1.29, 1.82) is 0 Å². The van der Waals surface area contributed by atoms with Crippen LogP contribution in [0.1, 0.15) is 36.0 Å². The molecule has 32 heavy (non-hydrogen) atoms. The molecule has 7 heteroatoms. The molecular formula is C25H23NO6. The second kappa shape index (κ2) is 9.01. The lowest BCUT2D eigenvalue weighted by atomic mass is 9.94. The van der Waals surface area contributed by atoms with Gasteiger partial charge in [0.15, 0.2) is 11.5 Å². The number of carbonyl (C=O) groups is 2. The first kappa shape index (κ1) is 21.2. The Hall–Kier alpha value is -4.00. The molecule has 3 aromatic rings. The van der Waals surface area contributed by atoms with Crippen LogP contribution in [0.25, 0.3) is 0 Å². The zero-order valence-electron chi connectivity index (χ0n) is 17.8. The lowest BCUT2D eigenvalue weighted by Crippen LogP contribution is -2.31. The highest BCUT2D eigenvalue weighted by Gasteiger charge is 2.45. The van der Waals surface area contributed by atoms with Crippen molar-refractivity contribution in [3.05, 3.63) is 89.6 Å². The number of anilines is 1. The molecule has 1 aliphatic heterocycles. The Bertz CT molecular complexity index is 1150. The molecule has 0 aliphatic carbocycles. The van der Waals surface area contributed by atoms with Crippen molar-refractivity contribution < 1.29 is 28.6 Å². The van der Waals surface area contributed by atoms with E-state index in [0.717, 1.165) is 0 Å². The molecular weight excluding hydrogens is 410 g/mol. The number of Topliss-reactive ketones (excluding diaryl/α,β-unsaturated/α-hetero) is 1. The number of hydrogen-bond acceptors (Lipinski definition) is 6. The maximum atomic E-state index is 13.2. The van der Waals surface area contributed by atoms with Crippen molar-refractivity contribution in [2.24, 2.45) is 0 Å². The topological polar surface area (TPSA) is 89.2 Å². The standard InChI is InChI=1S/C25H23NO6/c1-3-30-18-12-10-16(11-13-18)22-21(23(27)20-9-6-14-32-20)24(28)25(29)26(22)17-7-5-8-19(15-17)31-4-2/h5-15,22,28H,3-4H2,1-2H3. The number of benzene rings is 2. The van der Waals surface area contributed by atoms with E-state index in [0.29, 0.717) is 36.0 Å². The summed E-state index contributed by atoms with van der Waals surface area (Å²) in [6.45, 7) is 4.73. The Kier molecular flexibility index (Phi) is 5.98. The number of rotatable bonds is 8. The molecule has 1 unspecified atom stereocenters. The quantitative estimate of drug-likeness (QED) is 0.511. The van der Waals surface area contributed by atoms with E-state index in [1.165, 1.54) is 17.2 Å². The number of aliphatic hydroxyl groups excluding tert-OH is 1. The first-order valence-corrected chi connectivity index (χ1v) is 10.4. The van der Waals surface area contributed by atoms with Gasteiger partial charge >= 0.3 is 0 Å². The van der Waals surface area contributed by atoms with Crippen LogP contribution in [0.15, 0.2) is 82.7 Å². The number of aliphatic hydroxyl groups is 1. The third-order valence-corrected chi connectivity index (χ3v) is 5.11. The van der Waals surface area contributed by atoms with E-state index in [9.17, 15) is 14.7 Å². The molecule has 164 valence electrons. The zero-order valence-corrected chi connectivity index (χ0v) is 17.8. The molecule has 0 radical (unpaired) electrons. The summed E-state index contributed by atoms with van der Waals surface area (Å²) in [5.41, 5.74) is 1.09. The number of amides is 1. The van der Waals surface area contributed by atoms with Gasteiger partial charge in [0.2, 0.25) is 5.78 Å². The predicted molar refractivity (Wildman–Crippen MR) is 118 cm³/mol. The van der Waals surface area contributed by atoms with E-state index in [1.807, 2.05) is 13.8 Å².